The predicted octanol–water partition coefficient (Wildman–Crippen LogP) is 0.831. The van der Waals surface area contributed by atoms with Crippen molar-refractivity contribution >= 4 is 17.4 Å². The number of hydrogen-bond acceptors (Lipinski definition) is 4. The molecule has 0 saturated carbocycles. The minimum Gasteiger partial charge on any atom is -0.396 e. The lowest BCUT2D eigenvalue weighted by molar-refractivity contribution is 0.0996. The fourth-order valence-electron chi connectivity index (χ4n) is 1.05. The molecule has 0 spiro atoms. The first-order chi connectivity index (χ1) is 7.00. The summed E-state index contributed by atoms with van der Waals surface area (Å²) < 4.78 is 0. The third-order valence-electron chi connectivity index (χ3n) is 1.86. The van der Waals surface area contributed by atoms with E-state index in [1.165, 1.54) is 6.07 Å². The largest absolute Gasteiger partial charge is 0.396 e. The molecule has 0 aliphatic rings. The minimum absolute atomic E-state index is 0.218. The molecule has 5 N–H and O–H groups in total. The summed E-state index contributed by atoms with van der Waals surface area (Å²) in [6, 6.07) is 3.13. The molecule has 0 aliphatic heterocycles. The SMILES string of the molecule is CC(C)CNc1nc(C(N)=O)ccc1N. The highest BCUT2D eigenvalue weighted by molar-refractivity contribution is 5.91. The third kappa shape index (κ3) is 3.12. The van der Waals surface area contributed by atoms with E-state index < -0.39 is 5.91 Å². The minimum atomic E-state index is -0.553. The van der Waals surface area contributed by atoms with E-state index in [9.17, 15) is 4.79 Å². The molecular formula is C10H16N4O. The van der Waals surface area contributed by atoms with Gasteiger partial charge in [0.25, 0.3) is 5.91 Å². The molecule has 5 heteroatoms. The molecular weight excluding hydrogens is 192 g/mol. The third-order valence-corrected chi connectivity index (χ3v) is 1.86. The summed E-state index contributed by atoms with van der Waals surface area (Å²) in [6.45, 7) is 4.89. The maximum Gasteiger partial charge on any atom is 0.267 e. The van der Waals surface area contributed by atoms with E-state index >= 15 is 0 Å². The molecule has 0 saturated heterocycles. The lowest BCUT2D eigenvalue weighted by Crippen LogP contribution is -2.16. The number of nitrogens with one attached hydrogen (secondary N) is 1. The van der Waals surface area contributed by atoms with Gasteiger partial charge in [0.2, 0.25) is 0 Å². The van der Waals surface area contributed by atoms with Crippen LogP contribution in [0.25, 0.3) is 0 Å². The number of nitrogens with two attached hydrogens (primary N) is 2. The Morgan fingerprint density at radius 1 is 1.53 bits per heavy atom. The van der Waals surface area contributed by atoms with Crippen LogP contribution in [0, 0.1) is 5.92 Å². The molecule has 0 fully saturated rings. The van der Waals surface area contributed by atoms with Crippen molar-refractivity contribution in [3.05, 3.63) is 17.8 Å². The van der Waals surface area contributed by atoms with E-state index in [1.807, 2.05) is 0 Å². The zero-order chi connectivity index (χ0) is 11.4. The summed E-state index contributed by atoms with van der Waals surface area (Å²) in [7, 11) is 0. The van der Waals surface area contributed by atoms with Crippen molar-refractivity contribution in [1.29, 1.82) is 0 Å². The van der Waals surface area contributed by atoms with Crippen molar-refractivity contribution < 1.29 is 4.79 Å². The van der Waals surface area contributed by atoms with Gasteiger partial charge in [0.15, 0.2) is 0 Å². The van der Waals surface area contributed by atoms with E-state index in [4.69, 9.17) is 11.5 Å². The van der Waals surface area contributed by atoms with Gasteiger partial charge in [0, 0.05) is 6.54 Å². The van der Waals surface area contributed by atoms with E-state index in [-0.39, 0.29) is 5.69 Å². The summed E-state index contributed by atoms with van der Waals surface area (Å²) >= 11 is 0. The Kier molecular flexibility index (Phi) is 3.49. The van der Waals surface area contributed by atoms with Crippen LogP contribution in [-0.2, 0) is 0 Å². The summed E-state index contributed by atoms with van der Waals surface area (Å²) in [5, 5.41) is 3.06. The number of rotatable bonds is 4. The Morgan fingerprint density at radius 3 is 2.73 bits per heavy atom. The maximum atomic E-state index is 10.9. The van der Waals surface area contributed by atoms with Crippen LogP contribution in [0.3, 0.4) is 0 Å². The highest BCUT2D eigenvalue weighted by atomic mass is 16.1. The second-order valence-corrected chi connectivity index (χ2v) is 3.77. The molecule has 15 heavy (non-hydrogen) atoms. The van der Waals surface area contributed by atoms with E-state index in [2.05, 4.69) is 24.1 Å². The molecule has 1 aromatic rings. The molecule has 0 radical (unpaired) electrons. The number of hydrogen-bond donors (Lipinski definition) is 3. The summed E-state index contributed by atoms with van der Waals surface area (Å²) in [6.07, 6.45) is 0. The average molecular weight is 208 g/mol. The molecule has 1 heterocycles. The van der Waals surface area contributed by atoms with E-state index in [0.717, 1.165) is 6.54 Å². The van der Waals surface area contributed by atoms with Gasteiger partial charge in [-0.2, -0.15) is 0 Å². The highest BCUT2D eigenvalue weighted by Crippen LogP contribution is 2.15. The number of anilines is 2. The van der Waals surface area contributed by atoms with Crippen molar-refractivity contribution in [2.45, 2.75) is 13.8 Å². The zero-order valence-electron chi connectivity index (χ0n) is 8.95. The van der Waals surface area contributed by atoms with Crippen molar-refractivity contribution in [3.63, 3.8) is 0 Å². The zero-order valence-corrected chi connectivity index (χ0v) is 8.95. The first kappa shape index (κ1) is 11.3. The highest BCUT2D eigenvalue weighted by Gasteiger charge is 2.06. The second-order valence-electron chi connectivity index (χ2n) is 3.77. The normalized spacial score (nSPS) is 10.3. The number of carbonyl (C=O) groups is 1. The molecule has 5 nitrogen and oxygen atoms in total. The molecule has 0 aliphatic carbocycles. The van der Waals surface area contributed by atoms with Crippen LogP contribution in [0.4, 0.5) is 11.5 Å². The lowest BCUT2D eigenvalue weighted by atomic mass is 10.2. The smallest absolute Gasteiger partial charge is 0.267 e. The molecule has 1 rings (SSSR count). The number of amides is 1. The quantitative estimate of drug-likeness (QED) is 0.683. The van der Waals surface area contributed by atoms with Crippen molar-refractivity contribution in [1.82, 2.24) is 4.98 Å². The summed E-state index contributed by atoms with van der Waals surface area (Å²) in [4.78, 5) is 14.9. The van der Waals surface area contributed by atoms with Gasteiger partial charge in [0.05, 0.1) is 5.69 Å². The molecule has 1 amide bonds. The molecule has 0 unspecified atom stereocenters. The number of nitrogens with zero attached hydrogens (tertiary/aromatic N) is 1. The lowest BCUT2D eigenvalue weighted by Gasteiger charge is -2.10. The van der Waals surface area contributed by atoms with Crippen LogP contribution >= 0.6 is 0 Å². The molecule has 0 atom stereocenters. The number of primary amides is 1. The molecule has 0 aromatic carbocycles. The van der Waals surface area contributed by atoms with Gasteiger partial charge in [-0.3, -0.25) is 4.79 Å². The standard InChI is InChI=1S/C10H16N4O/c1-6(2)5-13-10-7(11)3-4-8(14-10)9(12)15/h3-4,6H,5,11H2,1-2H3,(H2,12,15)(H,13,14). The second kappa shape index (κ2) is 4.63. The van der Waals surface area contributed by atoms with E-state index in [1.54, 1.807) is 6.07 Å². The van der Waals surface area contributed by atoms with Gasteiger partial charge >= 0.3 is 0 Å². The van der Waals surface area contributed by atoms with Gasteiger partial charge in [-0.05, 0) is 18.1 Å². The van der Waals surface area contributed by atoms with Crippen LogP contribution in [-0.4, -0.2) is 17.4 Å². The first-order valence-corrected chi connectivity index (χ1v) is 4.81. The van der Waals surface area contributed by atoms with Crippen LogP contribution in [0.2, 0.25) is 0 Å². The summed E-state index contributed by atoms with van der Waals surface area (Å²) in [5.41, 5.74) is 11.5. The monoisotopic (exact) mass is 208 g/mol. The Hall–Kier alpha value is -1.78. The number of pyridine rings is 1. The van der Waals surface area contributed by atoms with Crippen LogP contribution in [0.5, 0.6) is 0 Å². The van der Waals surface area contributed by atoms with Gasteiger partial charge in [-0.25, -0.2) is 4.98 Å². The molecule has 82 valence electrons. The Balaban J connectivity index is 2.85. The Bertz CT molecular complexity index is 362. The number of aromatic nitrogens is 1. The maximum absolute atomic E-state index is 10.9. The van der Waals surface area contributed by atoms with Crippen molar-refractivity contribution in [3.8, 4) is 0 Å². The van der Waals surface area contributed by atoms with Crippen LogP contribution < -0.4 is 16.8 Å². The van der Waals surface area contributed by atoms with Gasteiger partial charge in [-0.15, -0.1) is 0 Å². The predicted molar refractivity (Wildman–Crippen MR) is 60.5 cm³/mol. The molecule has 1 aromatic heterocycles. The fraction of sp³-hybridized carbons (Fsp3) is 0.400. The van der Waals surface area contributed by atoms with Gasteiger partial charge < -0.3 is 16.8 Å². The van der Waals surface area contributed by atoms with Crippen LogP contribution in [0.1, 0.15) is 24.3 Å². The number of nitrogen functional groups attached to an aromatic ring is 1. The molecule has 0 bridgehead atoms. The Morgan fingerprint density at radius 2 is 2.20 bits per heavy atom. The van der Waals surface area contributed by atoms with Crippen molar-refractivity contribution in [2.75, 3.05) is 17.6 Å². The van der Waals surface area contributed by atoms with Crippen molar-refractivity contribution in [2.24, 2.45) is 11.7 Å². The first-order valence-electron chi connectivity index (χ1n) is 4.81. The van der Waals surface area contributed by atoms with E-state index in [0.29, 0.717) is 17.4 Å². The topological polar surface area (TPSA) is 94.0 Å². The van der Waals surface area contributed by atoms with Gasteiger partial charge in [-0.1, -0.05) is 13.8 Å². The average Bonchev–Trinajstić information content (AvgIpc) is 2.16. The fourth-order valence-corrected chi connectivity index (χ4v) is 1.05. The van der Waals surface area contributed by atoms with Crippen LogP contribution in [0.15, 0.2) is 12.1 Å². The Labute approximate surface area is 88.9 Å². The summed E-state index contributed by atoms with van der Waals surface area (Å²) in [5.74, 6) is 0.436. The number of carbonyl (C=O) groups excluding carboxylic acids is 1. The van der Waals surface area contributed by atoms with Gasteiger partial charge in [0.1, 0.15) is 11.5 Å².